The highest BCUT2D eigenvalue weighted by atomic mass is 32.2. The van der Waals surface area contributed by atoms with Gasteiger partial charge in [-0.15, -0.1) is 0 Å². The van der Waals surface area contributed by atoms with Gasteiger partial charge in [0.2, 0.25) is 0 Å². The number of rotatable bonds is 6. The van der Waals surface area contributed by atoms with Crippen LogP contribution in [0.1, 0.15) is 37.7 Å². The first-order valence-corrected chi connectivity index (χ1v) is 8.15. The lowest BCUT2D eigenvalue weighted by molar-refractivity contribution is 0.511. The van der Waals surface area contributed by atoms with Gasteiger partial charge in [0.25, 0.3) is 0 Å². The van der Waals surface area contributed by atoms with Crippen molar-refractivity contribution in [3.63, 3.8) is 0 Å². The van der Waals surface area contributed by atoms with E-state index < -0.39 is 0 Å². The van der Waals surface area contributed by atoms with Gasteiger partial charge in [0.05, 0.1) is 0 Å². The maximum Gasteiger partial charge on any atom is 0.126 e. The van der Waals surface area contributed by atoms with Gasteiger partial charge in [-0.25, -0.2) is 4.39 Å². The van der Waals surface area contributed by atoms with Crippen molar-refractivity contribution in [3.8, 4) is 0 Å². The van der Waals surface area contributed by atoms with Crippen molar-refractivity contribution in [2.45, 2.75) is 49.8 Å². The summed E-state index contributed by atoms with van der Waals surface area (Å²) in [7, 11) is 0. The lowest BCUT2D eigenvalue weighted by Gasteiger charge is -2.23. The van der Waals surface area contributed by atoms with Crippen LogP contribution in [0, 0.1) is 5.82 Å². The van der Waals surface area contributed by atoms with Crippen LogP contribution in [0.5, 0.6) is 0 Å². The highest BCUT2D eigenvalue weighted by Crippen LogP contribution is 2.28. The molecule has 0 bridgehead atoms. The van der Waals surface area contributed by atoms with Crippen molar-refractivity contribution in [3.05, 3.63) is 35.6 Å². The van der Waals surface area contributed by atoms with Crippen LogP contribution in [-0.2, 0) is 6.42 Å². The molecule has 1 aliphatic carbocycles. The lowest BCUT2D eigenvalue weighted by atomic mass is 10.0. The Morgan fingerprint density at radius 2 is 2.00 bits per heavy atom. The summed E-state index contributed by atoms with van der Waals surface area (Å²) in [6.45, 7) is 0. The number of hydrogen-bond acceptors (Lipinski definition) is 3. The fraction of sp³-hybridized carbons (Fsp3) is 0.600. The van der Waals surface area contributed by atoms with Crippen molar-refractivity contribution in [2.75, 3.05) is 5.75 Å². The predicted octanol–water partition coefficient (Wildman–Crippen LogP) is 3.27. The Kier molecular flexibility index (Phi) is 6.14. The topological polar surface area (TPSA) is 38.0 Å². The van der Waals surface area contributed by atoms with E-state index in [1.165, 1.54) is 38.2 Å². The number of halogens is 1. The van der Waals surface area contributed by atoms with Crippen molar-refractivity contribution in [1.82, 2.24) is 5.43 Å². The van der Waals surface area contributed by atoms with E-state index in [0.29, 0.717) is 6.42 Å². The van der Waals surface area contributed by atoms with E-state index in [4.69, 9.17) is 5.84 Å². The standard InChI is InChI=1S/C15H23FN2S/c16-15-9-5-4-6-12(15)10-13(18-17)11-19-14-7-2-1-3-8-14/h4-6,9,13-14,18H,1-3,7-8,10-11,17H2. The highest BCUT2D eigenvalue weighted by Gasteiger charge is 2.17. The summed E-state index contributed by atoms with van der Waals surface area (Å²) >= 11 is 1.99. The first-order chi connectivity index (χ1) is 9.29. The van der Waals surface area contributed by atoms with Crippen LogP contribution in [0.25, 0.3) is 0 Å². The first kappa shape index (κ1) is 14.8. The van der Waals surface area contributed by atoms with E-state index >= 15 is 0 Å². The van der Waals surface area contributed by atoms with Gasteiger partial charge >= 0.3 is 0 Å². The summed E-state index contributed by atoms with van der Waals surface area (Å²) < 4.78 is 13.6. The van der Waals surface area contributed by atoms with Crippen LogP contribution < -0.4 is 11.3 Å². The second-order valence-electron chi connectivity index (χ2n) is 5.25. The molecular weight excluding hydrogens is 259 g/mol. The third-order valence-electron chi connectivity index (χ3n) is 3.75. The van der Waals surface area contributed by atoms with Gasteiger partial charge < -0.3 is 0 Å². The van der Waals surface area contributed by atoms with Crippen LogP contribution in [0.2, 0.25) is 0 Å². The predicted molar refractivity (Wildman–Crippen MR) is 80.5 cm³/mol. The first-order valence-electron chi connectivity index (χ1n) is 7.10. The molecule has 1 aromatic carbocycles. The Balaban J connectivity index is 1.81. The van der Waals surface area contributed by atoms with Gasteiger partial charge in [0, 0.05) is 17.0 Å². The Hall–Kier alpha value is -0.580. The van der Waals surface area contributed by atoms with E-state index in [-0.39, 0.29) is 11.9 Å². The maximum absolute atomic E-state index is 13.6. The molecule has 106 valence electrons. The molecule has 1 unspecified atom stereocenters. The van der Waals surface area contributed by atoms with Crippen molar-refractivity contribution >= 4 is 11.8 Å². The minimum absolute atomic E-state index is 0.134. The smallest absolute Gasteiger partial charge is 0.126 e. The molecule has 19 heavy (non-hydrogen) atoms. The minimum atomic E-state index is -0.134. The van der Waals surface area contributed by atoms with Gasteiger partial charge in [0.15, 0.2) is 0 Å². The second-order valence-corrected chi connectivity index (χ2v) is 6.59. The number of benzene rings is 1. The number of nitrogens with two attached hydrogens (primary N) is 1. The largest absolute Gasteiger partial charge is 0.271 e. The summed E-state index contributed by atoms with van der Waals surface area (Å²) in [4.78, 5) is 0. The van der Waals surface area contributed by atoms with Crippen molar-refractivity contribution in [1.29, 1.82) is 0 Å². The Bertz CT molecular complexity index is 380. The molecule has 0 heterocycles. The van der Waals surface area contributed by atoms with Crippen LogP contribution in [0.3, 0.4) is 0 Å². The number of hydrogen-bond donors (Lipinski definition) is 2. The normalized spacial score (nSPS) is 18.4. The van der Waals surface area contributed by atoms with Gasteiger partial charge in [-0.1, -0.05) is 37.5 Å². The monoisotopic (exact) mass is 282 g/mol. The van der Waals surface area contributed by atoms with Gasteiger partial charge in [-0.05, 0) is 30.9 Å². The maximum atomic E-state index is 13.6. The fourth-order valence-electron chi connectivity index (χ4n) is 2.58. The highest BCUT2D eigenvalue weighted by molar-refractivity contribution is 7.99. The van der Waals surface area contributed by atoms with Crippen LogP contribution >= 0.6 is 11.8 Å². The third-order valence-corrected chi connectivity index (χ3v) is 5.28. The zero-order valence-electron chi connectivity index (χ0n) is 11.3. The zero-order chi connectivity index (χ0) is 13.5. The molecule has 0 amide bonds. The molecule has 1 fully saturated rings. The second kappa shape index (κ2) is 7.88. The molecule has 1 saturated carbocycles. The van der Waals surface area contributed by atoms with Gasteiger partial charge in [0.1, 0.15) is 5.82 Å². The summed E-state index contributed by atoms with van der Waals surface area (Å²) in [5, 5.41) is 0.769. The molecule has 3 N–H and O–H groups in total. The molecule has 0 saturated heterocycles. The summed E-state index contributed by atoms with van der Waals surface area (Å²) in [6.07, 6.45) is 7.38. The molecular formula is C15H23FN2S. The van der Waals surface area contributed by atoms with E-state index in [2.05, 4.69) is 5.43 Å². The molecule has 0 radical (unpaired) electrons. The molecule has 1 atom stereocenters. The molecule has 2 nitrogen and oxygen atoms in total. The fourth-order valence-corrected chi connectivity index (χ4v) is 3.96. The van der Waals surface area contributed by atoms with Crippen LogP contribution in [0.15, 0.2) is 24.3 Å². The van der Waals surface area contributed by atoms with E-state index in [9.17, 15) is 4.39 Å². The summed E-state index contributed by atoms with van der Waals surface area (Å²) in [6, 6.07) is 7.09. The number of thioether (sulfide) groups is 1. The summed E-state index contributed by atoms with van der Waals surface area (Å²) in [5.41, 5.74) is 3.57. The molecule has 4 heteroatoms. The molecule has 1 aliphatic rings. The zero-order valence-corrected chi connectivity index (χ0v) is 12.1. The van der Waals surface area contributed by atoms with Gasteiger partial charge in [-0.2, -0.15) is 11.8 Å². The van der Waals surface area contributed by atoms with Crippen molar-refractivity contribution in [2.24, 2.45) is 5.84 Å². The quantitative estimate of drug-likeness (QED) is 0.621. The lowest BCUT2D eigenvalue weighted by Crippen LogP contribution is -2.39. The Morgan fingerprint density at radius 1 is 1.26 bits per heavy atom. The average Bonchev–Trinajstić information content (AvgIpc) is 2.46. The van der Waals surface area contributed by atoms with Crippen LogP contribution in [-0.4, -0.2) is 17.0 Å². The minimum Gasteiger partial charge on any atom is -0.271 e. The number of nitrogens with one attached hydrogen (secondary N) is 1. The third kappa shape index (κ3) is 4.79. The molecule has 0 aliphatic heterocycles. The average molecular weight is 282 g/mol. The SMILES string of the molecule is NNC(CSC1CCCCC1)Cc1ccccc1F. The Labute approximate surface area is 119 Å². The molecule has 0 aromatic heterocycles. The molecule has 2 rings (SSSR count). The van der Waals surface area contributed by atoms with Crippen molar-refractivity contribution < 1.29 is 4.39 Å². The van der Waals surface area contributed by atoms with Crippen LogP contribution in [0.4, 0.5) is 4.39 Å². The van der Waals surface area contributed by atoms with E-state index in [1.807, 2.05) is 23.9 Å². The molecule has 1 aromatic rings. The van der Waals surface area contributed by atoms with E-state index in [0.717, 1.165) is 16.6 Å². The molecule has 0 spiro atoms. The van der Waals surface area contributed by atoms with E-state index in [1.54, 1.807) is 6.07 Å². The Morgan fingerprint density at radius 3 is 2.68 bits per heavy atom. The number of hydrazine groups is 1. The van der Waals surface area contributed by atoms with Gasteiger partial charge in [-0.3, -0.25) is 11.3 Å². The summed E-state index contributed by atoms with van der Waals surface area (Å²) in [5.74, 6) is 6.42.